The average Bonchev–Trinajstić information content (AvgIpc) is 3.12. The van der Waals surface area contributed by atoms with Gasteiger partial charge in [-0.3, -0.25) is 14.4 Å². The molecule has 6 nitrogen and oxygen atoms in total. The maximum absolute atomic E-state index is 12.7. The second-order valence-corrected chi connectivity index (χ2v) is 17.0. The Hall–Kier alpha value is -1.59. The lowest BCUT2D eigenvalue weighted by atomic mass is 10.0. The smallest absolute Gasteiger partial charge is 0.306 e. The molecule has 53 heavy (non-hydrogen) atoms. The van der Waals surface area contributed by atoms with Gasteiger partial charge in [0.15, 0.2) is 6.10 Å². The Morgan fingerprint density at radius 2 is 0.623 bits per heavy atom. The van der Waals surface area contributed by atoms with Crippen molar-refractivity contribution in [2.45, 2.75) is 259 Å². The lowest BCUT2D eigenvalue weighted by Crippen LogP contribution is -2.30. The van der Waals surface area contributed by atoms with Gasteiger partial charge in [0.1, 0.15) is 13.2 Å². The molecule has 0 aromatic carbocycles. The zero-order valence-electron chi connectivity index (χ0n) is 36.1. The van der Waals surface area contributed by atoms with E-state index in [1.54, 1.807) is 0 Å². The van der Waals surface area contributed by atoms with Gasteiger partial charge < -0.3 is 14.2 Å². The van der Waals surface area contributed by atoms with Crippen LogP contribution < -0.4 is 0 Å². The van der Waals surface area contributed by atoms with Crippen molar-refractivity contribution in [3.8, 4) is 0 Å². The van der Waals surface area contributed by atoms with Crippen LogP contribution in [0.4, 0.5) is 0 Å². The van der Waals surface area contributed by atoms with Crippen LogP contribution in [0.5, 0.6) is 0 Å². The molecule has 0 unspecified atom stereocenters. The summed E-state index contributed by atoms with van der Waals surface area (Å²) >= 11 is 0. The summed E-state index contributed by atoms with van der Waals surface area (Å²) in [6.07, 6.45) is 38.0. The molecule has 0 saturated carbocycles. The maximum Gasteiger partial charge on any atom is 0.306 e. The first-order valence-electron chi connectivity index (χ1n) is 23.2. The van der Waals surface area contributed by atoms with E-state index in [0.29, 0.717) is 19.3 Å². The van der Waals surface area contributed by atoms with Crippen LogP contribution in [-0.2, 0) is 28.6 Å². The van der Waals surface area contributed by atoms with Crippen molar-refractivity contribution in [1.82, 2.24) is 0 Å². The fraction of sp³-hybridized carbons (Fsp3) is 0.936. The highest BCUT2D eigenvalue weighted by Crippen LogP contribution is 2.16. The Labute approximate surface area is 329 Å². The summed E-state index contributed by atoms with van der Waals surface area (Å²) in [4.78, 5) is 37.7. The number of hydrogen-bond acceptors (Lipinski definition) is 6. The number of esters is 3. The minimum atomic E-state index is -0.760. The van der Waals surface area contributed by atoms with Gasteiger partial charge in [-0.25, -0.2) is 0 Å². The second-order valence-electron chi connectivity index (χ2n) is 17.0. The van der Waals surface area contributed by atoms with Crippen molar-refractivity contribution in [3.63, 3.8) is 0 Å². The van der Waals surface area contributed by atoms with Gasteiger partial charge in [0.2, 0.25) is 0 Å². The number of hydrogen-bond donors (Lipinski definition) is 0. The van der Waals surface area contributed by atoms with Gasteiger partial charge in [-0.05, 0) is 31.1 Å². The molecule has 0 radical (unpaired) electrons. The Morgan fingerprint density at radius 1 is 0.358 bits per heavy atom. The van der Waals surface area contributed by atoms with Crippen LogP contribution >= 0.6 is 0 Å². The summed E-state index contributed by atoms with van der Waals surface area (Å²) in [5, 5.41) is 0. The lowest BCUT2D eigenvalue weighted by Gasteiger charge is -2.18. The third-order valence-corrected chi connectivity index (χ3v) is 10.5. The van der Waals surface area contributed by atoms with E-state index in [1.807, 2.05) is 0 Å². The minimum absolute atomic E-state index is 0.0650. The molecule has 0 fully saturated rings. The van der Waals surface area contributed by atoms with Crippen molar-refractivity contribution in [2.75, 3.05) is 13.2 Å². The summed E-state index contributed by atoms with van der Waals surface area (Å²) in [6.45, 7) is 11.3. The van der Waals surface area contributed by atoms with E-state index < -0.39 is 6.10 Å². The van der Waals surface area contributed by atoms with Gasteiger partial charge in [0.25, 0.3) is 0 Å². The number of ether oxygens (including phenoxy) is 3. The zero-order valence-corrected chi connectivity index (χ0v) is 36.1. The summed E-state index contributed by atoms with van der Waals surface area (Å²) in [7, 11) is 0. The zero-order chi connectivity index (χ0) is 39.0. The number of carbonyl (C=O) groups is 3. The average molecular weight is 751 g/mol. The lowest BCUT2D eigenvalue weighted by molar-refractivity contribution is -0.167. The summed E-state index contributed by atoms with van der Waals surface area (Å²) in [5.41, 5.74) is 0. The SMILES string of the molecule is CCCCCCCCCCCCCCC(=O)OC[C@H](COC(=O)CCCCCCCCCCC(C)C)OC(=O)CCCCCCCCCCCC(C)C. The Balaban J connectivity index is 4.34. The van der Waals surface area contributed by atoms with Crippen LogP contribution in [0, 0.1) is 11.8 Å². The predicted molar refractivity (Wildman–Crippen MR) is 224 cm³/mol. The molecule has 0 aromatic heterocycles. The quantitative estimate of drug-likeness (QED) is 0.0352. The third-order valence-electron chi connectivity index (χ3n) is 10.5. The Morgan fingerprint density at radius 3 is 0.925 bits per heavy atom. The van der Waals surface area contributed by atoms with Gasteiger partial charge in [-0.1, -0.05) is 214 Å². The van der Waals surface area contributed by atoms with Crippen LogP contribution in [-0.4, -0.2) is 37.2 Å². The number of unbranched alkanes of at least 4 members (excludes halogenated alkanes) is 26. The Bertz CT molecular complexity index is 809. The molecule has 0 spiro atoms. The summed E-state index contributed by atoms with van der Waals surface area (Å²) in [6, 6.07) is 0. The van der Waals surface area contributed by atoms with E-state index in [2.05, 4.69) is 34.6 Å². The van der Waals surface area contributed by atoms with Crippen molar-refractivity contribution in [3.05, 3.63) is 0 Å². The first-order chi connectivity index (χ1) is 25.7. The molecule has 314 valence electrons. The molecule has 1 atom stereocenters. The van der Waals surface area contributed by atoms with Gasteiger partial charge >= 0.3 is 17.9 Å². The fourth-order valence-corrected chi connectivity index (χ4v) is 6.93. The highest BCUT2D eigenvalue weighted by atomic mass is 16.6. The normalized spacial score (nSPS) is 12.1. The van der Waals surface area contributed by atoms with Crippen molar-refractivity contribution < 1.29 is 28.6 Å². The molecule has 0 aliphatic heterocycles. The van der Waals surface area contributed by atoms with Gasteiger partial charge in [-0.15, -0.1) is 0 Å². The molecule has 0 aromatic rings. The largest absolute Gasteiger partial charge is 0.462 e. The third kappa shape index (κ3) is 41.4. The van der Waals surface area contributed by atoms with Crippen molar-refractivity contribution in [2.24, 2.45) is 11.8 Å². The molecule has 0 saturated heterocycles. The van der Waals surface area contributed by atoms with E-state index in [9.17, 15) is 14.4 Å². The maximum atomic E-state index is 12.7. The highest BCUT2D eigenvalue weighted by Gasteiger charge is 2.19. The van der Waals surface area contributed by atoms with Crippen molar-refractivity contribution >= 4 is 17.9 Å². The number of carbonyl (C=O) groups excluding carboxylic acids is 3. The van der Waals surface area contributed by atoms with E-state index in [1.165, 1.54) is 141 Å². The van der Waals surface area contributed by atoms with E-state index in [0.717, 1.165) is 69.6 Å². The van der Waals surface area contributed by atoms with Gasteiger partial charge in [0, 0.05) is 19.3 Å². The summed E-state index contributed by atoms with van der Waals surface area (Å²) < 4.78 is 16.7. The number of rotatable bonds is 41. The molecule has 0 amide bonds. The first kappa shape index (κ1) is 51.4. The molecule has 0 aliphatic carbocycles. The van der Waals surface area contributed by atoms with Crippen LogP contribution in [0.2, 0.25) is 0 Å². The molecule has 0 aliphatic rings. The van der Waals surface area contributed by atoms with Crippen molar-refractivity contribution in [1.29, 1.82) is 0 Å². The molecule has 0 bridgehead atoms. The molecular formula is C47H90O6. The van der Waals surface area contributed by atoms with Gasteiger partial charge in [-0.2, -0.15) is 0 Å². The highest BCUT2D eigenvalue weighted by molar-refractivity contribution is 5.71. The monoisotopic (exact) mass is 751 g/mol. The van der Waals surface area contributed by atoms with E-state index in [-0.39, 0.29) is 31.1 Å². The fourth-order valence-electron chi connectivity index (χ4n) is 6.93. The Kier molecular flexibility index (Phi) is 38.9. The van der Waals surface area contributed by atoms with Crippen LogP contribution in [0.1, 0.15) is 253 Å². The van der Waals surface area contributed by atoms with Crippen LogP contribution in [0.3, 0.4) is 0 Å². The molecule has 0 heterocycles. The van der Waals surface area contributed by atoms with Crippen LogP contribution in [0.15, 0.2) is 0 Å². The van der Waals surface area contributed by atoms with Gasteiger partial charge in [0.05, 0.1) is 0 Å². The molecular weight excluding hydrogens is 661 g/mol. The van der Waals surface area contributed by atoms with E-state index in [4.69, 9.17) is 14.2 Å². The summed E-state index contributed by atoms with van der Waals surface area (Å²) in [5.74, 6) is 0.744. The topological polar surface area (TPSA) is 78.9 Å². The first-order valence-corrected chi connectivity index (χ1v) is 23.2. The molecule has 6 heteroatoms. The predicted octanol–water partition coefficient (Wildman–Crippen LogP) is 14.6. The van der Waals surface area contributed by atoms with E-state index >= 15 is 0 Å². The second kappa shape index (κ2) is 40.1. The standard InChI is InChI=1S/C47H90O6/c1-6-7-8-9-10-11-12-13-16-22-27-32-37-45(48)51-40-44(41-52-46(49)38-33-28-23-19-18-21-26-31-36-43(4)5)53-47(50)39-34-29-24-17-14-15-20-25-30-35-42(2)3/h42-44H,6-41H2,1-5H3/t44-/m1/s1. The minimum Gasteiger partial charge on any atom is -0.462 e. The molecule has 0 N–H and O–H groups in total. The van der Waals surface area contributed by atoms with Crippen LogP contribution in [0.25, 0.3) is 0 Å². The molecule has 0 rings (SSSR count).